The van der Waals surface area contributed by atoms with E-state index >= 15 is 0 Å². The fraction of sp³-hybridized carbons (Fsp3) is 0.133. The van der Waals surface area contributed by atoms with Crippen LogP contribution in [-0.4, -0.2) is 13.0 Å². The largest absolute Gasteiger partial charge is 0.370 e. The van der Waals surface area contributed by atoms with Crippen molar-refractivity contribution in [2.75, 3.05) is 11.9 Å². The van der Waals surface area contributed by atoms with Crippen LogP contribution < -0.4 is 10.6 Å². The summed E-state index contributed by atoms with van der Waals surface area (Å²) >= 11 is 9.07. The molecule has 0 aliphatic carbocycles. The number of nitrogens with zero attached hydrogens (tertiary/aromatic N) is 1. The Kier molecular flexibility index (Phi) is 4.85. The van der Waals surface area contributed by atoms with Crippen molar-refractivity contribution in [3.8, 4) is 0 Å². The second kappa shape index (κ2) is 6.45. The summed E-state index contributed by atoms with van der Waals surface area (Å²) in [5, 5.41) is 0.646. The molecule has 0 bridgehead atoms. The number of benzene rings is 2. The topological polar surface area (TPSA) is 46.3 Å². The van der Waals surface area contributed by atoms with Crippen LogP contribution in [0, 0.1) is 5.82 Å². The summed E-state index contributed by atoms with van der Waals surface area (Å²) in [5.41, 5.74) is 6.58. The van der Waals surface area contributed by atoms with Crippen LogP contribution in [0.3, 0.4) is 0 Å². The van der Waals surface area contributed by atoms with Gasteiger partial charge in [-0.05, 0) is 29.8 Å². The molecule has 0 atom stereocenters. The van der Waals surface area contributed by atoms with Gasteiger partial charge in [0.2, 0.25) is 0 Å². The zero-order valence-corrected chi connectivity index (χ0v) is 13.6. The molecule has 2 rings (SSSR count). The smallest absolute Gasteiger partial charge is 0.253 e. The summed E-state index contributed by atoms with van der Waals surface area (Å²) < 4.78 is 14.5. The predicted octanol–water partition coefficient (Wildman–Crippen LogP) is 3.98. The molecule has 21 heavy (non-hydrogen) atoms. The summed E-state index contributed by atoms with van der Waals surface area (Å²) in [6.07, 6.45) is 0. The molecular weight excluding hydrogens is 359 g/mol. The van der Waals surface area contributed by atoms with Gasteiger partial charge in [-0.1, -0.05) is 39.7 Å². The zero-order valence-electron chi connectivity index (χ0n) is 11.2. The maximum Gasteiger partial charge on any atom is 0.253 e. The first-order valence-electron chi connectivity index (χ1n) is 6.13. The number of halogens is 3. The van der Waals surface area contributed by atoms with Gasteiger partial charge in [0.05, 0.1) is 11.3 Å². The Morgan fingerprint density at radius 3 is 2.52 bits per heavy atom. The van der Waals surface area contributed by atoms with Gasteiger partial charge < -0.3 is 10.6 Å². The van der Waals surface area contributed by atoms with Gasteiger partial charge in [0.1, 0.15) is 5.82 Å². The lowest BCUT2D eigenvalue weighted by molar-refractivity contribution is 0.0997. The van der Waals surface area contributed by atoms with Crippen molar-refractivity contribution < 1.29 is 9.18 Å². The normalized spacial score (nSPS) is 10.5. The lowest BCUT2D eigenvalue weighted by atomic mass is 10.1. The van der Waals surface area contributed by atoms with Crippen molar-refractivity contribution >= 4 is 39.1 Å². The van der Waals surface area contributed by atoms with Crippen LogP contribution in [0.5, 0.6) is 0 Å². The second-order valence-corrected chi connectivity index (χ2v) is 5.98. The van der Waals surface area contributed by atoms with Crippen LogP contribution in [0.2, 0.25) is 5.02 Å². The highest BCUT2D eigenvalue weighted by Crippen LogP contribution is 2.28. The van der Waals surface area contributed by atoms with Crippen LogP contribution in [0.15, 0.2) is 40.9 Å². The summed E-state index contributed by atoms with van der Waals surface area (Å²) in [4.78, 5) is 13.2. The molecule has 2 N–H and O–H groups in total. The first-order valence-corrected chi connectivity index (χ1v) is 7.30. The van der Waals surface area contributed by atoms with E-state index in [1.54, 1.807) is 30.1 Å². The highest BCUT2D eigenvalue weighted by molar-refractivity contribution is 9.10. The van der Waals surface area contributed by atoms with Crippen LogP contribution in [0.25, 0.3) is 0 Å². The molecule has 0 aliphatic heterocycles. The van der Waals surface area contributed by atoms with E-state index in [1.807, 2.05) is 12.1 Å². The van der Waals surface area contributed by atoms with E-state index in [2.05, 4.69) is 15.9 Å². The standard InChI is InChI=1S/C15H13BrClFN2O/c1-20(8-9-2-4-11(17)5-3-9)13-7-10(16)6-12(18)14(13)15(19)21/h2-7H,8H2,1H3,(H2,19,21). The van der Waals surface area contributed by atoms with Crippen molar-refractivity contribution in [2.45, 2.75) is 6.54 Å². The summed E-state index contributed by atoms with van der Waals surface area (Å²) in [5.74, 6) is -1.44. The highest BCUT2D eigenvalue weighted by Gasteiger charge is 2.18. The third-order valence-electron chi connectivity index (χ3n) is 3.02. The van der Waals surface area contributed by atoms with Gasteiger partial charge in [0, 0.05) is 23.1 Å². The lowest BCUT2D eigenvalue weighted by Crippen LogP contribution is -2.23. The Morgan fingerprint density at radius 1 is 1.33 bits per heavy atom. The van der Waals surface area contributed by atoms with Crippen LogP contribution in [-0.2, 0) is 6.54 Å². The Labute approximate surface area is 135 Å². The Morgan fingerprint density at radius 2 is 1.95 bits per heavy atom. The number of rotatable bonds is 4. The number of amides is 1. The van der Waals surface area contributed by atoms with Gasteiger partial charge in [0.15, 0.2) is 0 Å². The minimum atomic E-state index is -0.794. The number of primary amides is 1. The van der Waals surface area contributed by atoms with E-state index in [-0.39, 0.29) is 5.56 Å². The molecule has 0 radical (unpaired) electrons. The highest BCUT2D eigenvalue weighted by atomic mass is 79.9. The van der Waals surface area contributed by atoms with Crippen molar-refractivity contribution in [3.05, 3.63) is 62.8 Å². The quantitative estimate of drug-likeness (QED) is 0.884. The lowest BCUT2D eigenvalue weighted by Gasteiger charge is -2.22. The summed E-state index contributed by atoms with van der Waals surface area (Å²) in [6, 6.07) is 10.2. The molecule has 2 aromatic rings. The van der Waals surface area contributed by atoms with E-state index < -0.39 is 11.7 Å². The average molecular weight is 372 g/mol. The minimum absolute atomic E-state index is 0.116. The van der Waals surface area contributed by atoms with E-state index in [1.165, 1.54) is 6.07 Å². The SMILES string of the molecule is CN(Cc1ccc(Cl)cc1)c1cc(Br)cc(F)c1C(N)=O. The van der Waals surface area contributed by atoms with E-state index in [9.17, 15) is 9.18 Å². The van der Waals surface area contributed by atoms with Crippen LogP contribution >= 0.6 is 27.5 Å². The number of hydrogen-bond donors (Lipinski definition) is 1. The third kappa shape index (κ3) is 3.74. The van der Waals surface area contributed by atoms with Crippen LogP contribution in [0.4, 0.5) is 10.1 Å². The fourth-order valence-corrected chi connectivity index (χ4v) is 2.60. The van der Waals surface area contributed by atoms with Gasteiger partial charge >= 0.3 is 0 Å². The maximum absolute atomic E-state index is 13.9. The molecule has 0 saturated heterocycles. The van der Waals surface area contributed by atoms with E-state index in [4.69, 9.17) is 17.3 Å². The number of nitrogens with two attached hydrogens (primary N) is 1. The number of hydrogen-bond acceptors (Lipinski definition) is 2. The fourth-order valence-electron chi connectivity index (χ4n) is 2.05. The van der Waals surface area contributed by atoms with Crippen molar-refractivity contribution in [1.29, 1.82) is 0 Å². The molecule has 0 heterocycles. The third-order valence-corrected chi connectivity index (χ3v) is 3.73. The Balaban J connectivity index is 2.36. The molecule has 110 valence electrons. The Hall–Kier alpha value is -1.59. The molecule has 3 nitrogen and oxygen atoms in total. The van der Waals surface area contributed by atoms with Gasteiger partial charge in [-0.25, -0.2) is 4.39 Å². The zero-order chi connectivity index (χ0) is 15.6. The second-order valence-electron chi connectivity index (χ2n) is 4.63. The van der Waals surface area contributed by atoms with Gasteiger partial charge in [-0.3, -0.25) is 4.79 Å². The van der Waals surface area contributed by atoms with Crippen molar-refractivity contribution in [3.63, 3.8) is 0 Å². The van der Waals surface area contributed by atoms with Crippen molar-refractivity contribution in [1.82, 2.24) is 0 Å². The summed E-state index contributed by atoms with van der Waals surface area (Å²) in [6.45, 7) is 0.493. The molecule has 1 amide bonds. The number of carbonyl (C=O) groups excluding carboxylic acids is 1. The molecule has 0 spiro atoms. The van der Waals surface area contributed by atoms with E-state index in [0.29, 0.717) is 21.7 Å². The first kappa shape index (κ1) is 15.8. The molecule has 6 heteroatoms. The summed E-state index contributed by atoms with van der Waals surface area (Å²) in [7, 11) is 1.77. The number of anilines is 1. The van der Waals surface area contributed by atoms with Gasteiger partial charge in [-0.15, -0.1) is 0 Å². The van der Waals surface area contributed by atoms with Crippen LogP contribution in [0.1, 0.15) is 15.9 Å². The monoisotopic (exact) mass is 370 g/mol. The maximum atomic E-state index is 13.9. The van der Waals surface area contributed by atoms with E-state index in [0.717, 1.165) is 5.56 Å². The molecule has 0 fully saturated rings. The molecule has 0 saturated carbocycles. The Bertz CT molecular complexity index is 676. The van der Waals surface area contributed by atoms with Crippen molar-refractivity contribution in [2.24, 2.45) is 5.73 Å². The van der Waals surface area contributed by atoms with Gasteiger partial charge in [0.25, 0.3) is 5.91 Å². The average Bonchev–Trinajstić information content (AvgIpc) is 2.39. The number of carbonyl (C=O) groups is 1. The molecule has 0 aromatic heterocycles. The first-order chi connectivity index (χ1) is 9.88. The van der Waals surface area contributed by atoms with Gasteiger partial charge in [-0.2, -0.15) is 0 Å². The molecule has 0 aliphatic rings. The molecule has 0 unspecified atom stereocenters. The molecular formula is C15H13BrClFN2O. The minimum Gasteiger partial charge on any atom is -0.370 e. The predicted molar refractivity (Wildman–Crippen MR) is 86.2 cm³/mol. The molecule has 2 aromatic carbocycles.